The Morgan fingerprint density at radius 1 is 1.26 bits per heavy atom. The van der Waals surface area contributed by atoms with Crippen LogP contribution in [-0.2, 0) is 6.42 Å². The maximum Gasteiger partial charge on any atom is 0.223 e. The molecule has 0 aliphatic heterocycles. The van der Waals surface area contributed by atoms with E-state index in [1.807, 2.05) is 19.4 Å². The van der Waals surface area contributed by atoms with E-state index in [0.29, 0.717) is 24.7 Å². The lowest BCUT2D eigenvalue weighted by molar-refractivity contribution is 0.387. The number of hydrogen-bond donors (Lipinski definition) is 2. The lowest BCUT2D eigenvalue weighted by Gasteiger charge is -2.07. The summed E-state index contributed by atoms with van der Waals surface area (Å²) < 4.78 is 4.91. The van der Waals surface area contributed by atoms with Crippen LogP contribution in [0.4, 0.5) is 11.6 Å². The molecule has 7 nitrogen and oxygen atoms in total. The molecule has 0 bridgehead atoms. The number of thioether (sulfide) groups is 1. The average molecular weight is 280 g/mol. The maximum absolute atomic E-state index is 4.91. The molecule has 102 valence electrons. The summed E-state index contributed by atoms with van der Waals surface area (Å²) in [5.74, 6) is 2.85. The average Bonchev–Trinajstić information content (AvgIpc) is 2.84. The van der Waals surface area contributed by atoms with E-state index < -0.39 is 0 Å². The Bertz CT molecular complexity index is 521. The quantitative estimate of drug-likeness (QED) is 0.609. The molecule has 0 spiro atoms. The van der Waals surface area contributed by atoms with Crippen LogP contribution in [0, 0.1) is 6.92 Å². The van der Waals surface area contributed by atoms with Crippen molar-refractivity contribution in [1.82, 2.24) is 20.1 Å². The van der Waals surface area contributed by atoms with Crippen molar-refractivity contribution in [3.8, 4) is 0 Å². The van der Waals surface area contributed by atoms with Crippen molar-refractivity contribution in [2.24, 2.45) is 0 Å². The van der Waals surface area contributed by atoms with Crippen LogP contribution in [0.3, 0.4) is 0 Å². The molecule has 19 heavy (non-hydrogen) atoms. The van der Waals surface area contributed by atoms with Gasteiger partial charge in [-0.05, 0) is 6.26 Å². The van der Waals surface area contributed by atoms with E-state index in [2.05, 4.69) is 30.7 Å². The van der Waals surface area contributed by atoms with E-state index in [4.69, 9.17) is 4.52 Å². The normalized spacial score (nSPS) is 10.5. The second-order valence-electron chi connectivity index (χ2n) is 3.78. The third-order valence-electron chi connectivity index (χ3n) is 2.37. The minimum atomic E-state index is 0.583. The molecule has 0 aromatic carbocycles. The third kappa shape index (κ3) is 3.82. The minimum Gasteiger partial charge on any atom is -0.373 e. The summed E-state index contributed by atoms with van der Waals surface area (Å²) >= 11 is 1.50. The lowest BCUT2D eigenvalue weighted by Crippen LogP contribution is -2.09. The van der Waals surface area contributed by atoms with Crippen molar-refractivity contribution >= 4 is 23.4 Å². The van der Waals surface area contributed by atoms with E-state index in [0.717, 1.165) is 16.8 Å². The zero-order chi connectivity index (χ0) is 13.7. The molecule has 0 fully saturated rings. The zero-order valence-corrected chi connectivity index (χ0v) is 11.9. The van der Waals surface area contributed by atoms with Gasteiger partial charge in [0.15, 0.2) is 11.0 Å². The van der Waals surface area contributed by atoms with E-state index >= 15 is 0 Å². The first kappa shape index (κ1) is 13.6. The molecule has 0 radical (unpaired) electrons. The molecule has 0 atom stereocenters. The Hall–Kier alpha value is -1.83. The topological polar surface area (TPSA) is 88.8 Å². The van der Waals surface area contributed by atoms with Crippen LogP contribution in [0.1, 0.15) is 11.7 Å². The smallest absolute Gasteiger partial charge is 0.223 e. The van der Waals surface area contributed by atoms with Gasteiger partial charge in [0.25, 0.3) is 0 Å². The van der Waals surface area contributed by atoms with Crippen molar-refractivity contribution in [2.45, 2.75) is 18.5 Å². The van der Waals surface area contributed by atoms with Gasteiger partial charge in [-0.1, -0.05) is 16.9 Å². The zero-order valence-electron chi connectivity index (χ0n) is 11.1. The SMILES string of the molecule is CNc1cc(NCCc2noc(C)n2)nc(SC)n1. The summed E-state index contributed by atoms with van der Waals surface area (Å²) in [7, 11) is 1.83. The molecule has 2 aromatic rings. The Kier molecular flexibility index (Phi) is 4.56. The van der Waals surface area contributed by atoms with Gasteiger partial charge >= 0.3 is 0 Å². The molecule has 0 amide bonds. The van der Waals surface area contributed by atoms with E-state index in [9.17, 15) is 0 Å². The van der Waals surface area contributed by atoms with Crippen LogP contribution in [0.25, 0.3) is 0 Å². The fraction of sp³-hybridized carbons (Fsp3) is 0.455. The fourth-order valence-corrected chi connectivity index (χ4v) is 1.86. The summed E-state index contributed by atoms with van der Waals surface area (Å²) in [6.45, 7) is 2.46. The highest BCUT2D eigenvalue weighted by molar-refractivity contribution is 7.98. The first-order valence-electron chi connectivity index (χ1n) is 5.85. The van der Waals surface area contributed by atoms with Crippen molar-refractivity contribution < 1.29 is 4.52 Å². The lowest BCUT2D eigenvalue weighted by atomic mass is 10.4. The number of rotatable bonds is 6. The maximum atomic E-state index is 4.91. The van der Waals surface area contributed by atoms with Crippen LogP contribution >= 0.6 is 11.8 Å². The predicted octanol–water partition coefficient (Wildman–Crippen LogP) is 1.59. The van der Waals surface area contributed by atoms with Gasteiger partial charge in [-0.25, -0.2) is 9.97 Å². The summed E-state index contributed by atoms with van der Waals surface area (Å²) in [5, 5.41) is 10.8. The monoisotopic (exact) mass is 280 g/mol. The molecule has 0 aliphatic carbocycles. The van der Waals surface area contributed by atoms with Crippen LogP contribution < -0.4 is 10.6 Å². The highest BCUT2D eigenvalue weighted by Crippen LogP contribution is 2.16. The summed E-state index contributed by atoms with van der Waals surface area (Å²) in [4.78, 5) is 12.8. The molecule has 2 rings (SSSR count). The van der Waals surface area contributed by atoms with Gasteiger partial charge in [0, 0.05) is 33.0 Å². The van der Waals surface area contributed by atoms with E-state index in [1.54, 1.807) is 6.92 Å². The first-order chi connectivity index (χ1) is 9.21. The Balaban J connectivity index is 1.95. The number of anilines is 2. The summed E-state index contributed by atoms with van der Waals surface area (Å²) in [6.07, 6.45) is 2.63. The highest BCUT2D eigenvalue weighted by Gasteiger charge is 2.04. The van der Waals surface area contributed by atoms with Gasteiger partial charge < -0.3 is 15.2 Å². The number of nitrogens with zero attached hydrogens (tertiary/aromatic N) is 4. The van der Waals surface area contributed by atoms with E-state index in [-0.39, 0.29) is 0 Å². The Labute approximate surface area is 115 Å². The molecule has 2 N–H and O–H groups in total. The van der Waals surface area contributed by atoms with Gasteiger partial charge in [0.1, 0.15) is 11.6 Å². The number of aryl methyl sites for hydroxylation is 1. The first-order valence-corrected chi connectivity index (χ1v) is 7.07. The Morgan fingerprint density at radius 2 is 2.05 bits per heavy atom. The summed E-state index contributed by atoms with van der Waals surface area (Å²) in [6, 6.07) is 1.86. The van der Waals surface area contributed by atoms with Gasteiger partial charge in [-0.15, -0.1) is 0 Å². The third-order valence-corrected chi connectivity index (χ3v) is 2.92. The standard InChI is InChI=1S/C11H16N6OS/c1-7-14-8(17-18-7)4-5-13-10-6-9(12-2)15-11(16-10)19-3/h6H,4-5H2,1-3H3,(H2,12,13,15,16). The number of hydrogen-bond acceptors (Lipinski definition) is 8. The van der Waals surface area contributed by atoms with E-state index in [1.165, 1.54) is 11.8 Å². The van der Waals surface area contributed by atoms with Gasteiger partial charge in [0.2, 0.25) is 5.89 Å². The number of aromatic nitrogens is 4. The van der Waals surface area contributed by atoms with Gasteiger partial charge in [-0.2, -0.15) is 4.98 Å². The molecule has 0 aliphatic rings. The molecule has 2 aromatic heterocycles. The molecular weight excluding hydrogens is 264 g/mol. The van der Waals surface area contributed by atoms with Gasteiger partial charge in [-0.3, -0.25) is 0 Å². The van der Waals surface area contributed by atoms with Crippen LogP contribution in [0.2, 0.25) is 0 Å². The second kappa shape index (κ2) is 6.37. The molecule has 8 heteroatoms. The second-order valence-corrected chi connectivity index (χ2v) is 4.55. The van der Waals surface area contributed by atoms with Crippen LogP contribution in [-0.4, -0.2) is 40.0 Å². The van der Waals surface area contributed by atoms with Crippen molar-refractivity contribution in [1.29, 1.82) is 0 Å². The van der Waals surface area contributed by atoms with Crippen molar-refractivity contribution in [2.75, 3.05) is 30.5 Å². The Morgan fingerprint density at radius 3 is 2.68 bits per heavy atom. The number of nitrogens with one attached hydrogen (secondary N) is 2. The minimum absolute atomic E-state index is 0.583. The van der Waals surface area contributed by atoms with Gasteiger partial charge in [0.05, 0.1) is 0 Å². The fourth-order valence-electron chi connectivity index (χ4n) is 1.48. The largest absolute Gasteiger partial charge is 0.373 e. The summed E-state index contributed by atoms with van der Waals surface area (Å²) in [5.41, 5.74) is 0. The van der Waals surface area contributed by atoms with Crippen molar-refractivity contribution in [3.63, 3.8) is 0 Å². The van der Waals surface area contributed by atoms with Crippen molar-refractivity contribution in [3.05, 3.63) is 17.8 Å². The van der Waals surface area contributed by atoms with Crippen LogP contribution in [0.5, 0.6) is 0 Å². The predicted molar refractivity (Wildman–Crippen MR) is 74.6 cm³/mol. The molecule has 0 saturated heterocycles. The van der Waals surface area contributed by atoms with Crippen LogP contribution in [0.15, 0.2) is 15.7 Å². The molecule has 0 unspecified atom stereocenters. The molecular formula is C11H16N6OS. The molecule has 0 saturated carbocycles. The molecule has 2 heterocycles. The highest BCUT2D eigenvalue weighted by atomic mass is 32.2.